The second kappa shape index (κ2) is 7.71. The van der Waals surface area contributed by atoms with Crippen LogP contribution in [0, 0.1) is 12.8 Å². The smallest absolute Gasteiger partial charge is 0.120 e. The first-order valence-corrected chi connectivity index (χ1v) is 7.47. The van der Waals surface area contributed by atoms with Gasteiger partial charge in [0.05, 0.1) is 13.1 Å². The summed E-state index contributed by atoms with van der Waals surface area (Å²) in [7, 11) is 0. The Hall–Kier alpha value is -0.800. The standard InChI is InChI=1S/C16H30N2O/c1-7-17-9-16-14(6)8-15(19-16)11-18(13(4)5)10-12(2)3/h8,12-13,17H,7,9-11H2,1-6H3. The molecule has 0 amide bonds. The molecular formula is C16H30N2O. The zero-order valence-electron chi connectivity index (χ0n) is 13.4. The van der Waals surface area contributed by atoms with Gasteiger partial charge in [0.2, 0.25) is 0 Å². The third kappa shape index (κ3) is 5.37. The topological polar surface area (TPSA) is 28.4 Å². The largest absolute Gasteiger partial charge is 0.463 e. The molecule has 0 aliphatic heterocycles. The number of nitrogens with zero attached hydrogens (tertiary/aromatic N) is 1. The Kier molecular flexibility index (Phi) is 6.59. The molecule has 0 saturated carbocycles. The van der Waals surface area contributed by atoms with Crippen molar-refractivity contribution in [3.05, 3.63) is 23.2 Å². The zero-order valence-corrected chi connectivity index (χ0v) is 13.4. The summed E-state index contributed by atoms with van der Waals surface area (Å²) >= 11 is 0. The van der Waals surface area contributed by atoms with Crippen molar-refractivity contribution in [3.63, 3.8) is 0 Å². The monoisotopic (exact) mass is 266 g/mol. The van der Waals surface area contributed by atoms with Crippen LogP contribution in [0.4, 0.5) is 0 Å². The van der Waals surface area contributed by atoms with E-state index in [1.54, 1.807) is 0 Å². The van der Waals surface area contributed by atoms with Crippen LogP contribution in [0.1, 0.15) is 51.7 Å². The van der Waals surface area contributed by atoms with Crippen LogP contribution in [-0.4, -0.2) is 24.0 Å². The zero-order chi connectivity index (χ0) is 14.4. The van der Waals surface area contributed by atoms with Gasteiger partial charge in [-0.1, -0.05) is 20.8 Å². The SMILES string of the molecule is CCNCc1oc(CN(CC(C)C)C(C)C)cc1C. The summed E-state index contributed by atoms with van der Waals surface area (Å²) in [6, 6.07) is 2.73. The highest BCUT2D eigenvalue weighted by molar-refractivity contribution is 5.20. The van der Waals surface area contributed by atoms with Gasteiger partial charge < -0.3 is 9.73 Å². The van der Waals surface area contributed by atoms with Crippen LogP contribution >= 0.6 is 0 Å². The van der Waals surface area contributed by atoms with E-state index in [-0.39, 0.29) is 0 Å². The van der Waals surface area contributed by atoms with E-state index >= 15 is 0 Å². The fourth-order valence-electron chi connectivity index (χ4n) is 2.21. The molecule has 1 heterocycles. The first-order valence-electron chi connectivity index (χ1n) is 7.47. The Balaban J connectivity index is 2.68. The lowest BCUT2D eigenvalue weighted by molar-refractivity contribution is 0.174. The van der Waals surface area contributed by atoms with Gasteiger partial charge in [-0.15, -0.1) is 0 Å². The van der Waals surface area contributed by atoms with Crippen molar-refractivity contribution < 1.29 is 4.42 Å². The van der Waals surface area contributed by atoms with Crippen LogP contribution in [0.3, 0.4) is 0 Å². The van der Waals surface area contributed by atoms with Crippen molar-refractivity contribution in [2.45, 2.75) is 60.7 Å². The van der Waals surface area contributed by atoms with Crippen LogP contribution in [0.5, 0.6) is 0 Å². The van der Waals surface area contributed by atoms with Gasteiger partial charge in [0.15, 0.2) is 0 Å². The summed E-state index contributed by atoms with van der Waals surface area (Å²) in [4.78, 5) is 2.47. The van der Waals surface area contributed by atoms with Crippen molar-refractivity contribution in [2.75, 3.05) is 13.1 Å². The fourth-order valence-corrected chi connectivity index (χ4v) is 2.21. The first kappa shape index (κ1) is 16.3. The van der Waals surface area contributed by atoms with Crippen LogP contribution in [0.15, 0.2) is 10.5 Å². The second-order valence-corrected chi connectivity index (χ2v) is 6.02. The van der Waals surface area contributed by atoms with Crippen molar-refractivity contribution in [1.82, 2.24) is 10.2 Å². The van der Waals surface area contributed by atoms with Gasteiger partial charge in [0.1, 0.15) is 11.5 Å². The van der Waals surface area contributed by atoms with E-state index in [2.05, 4.69) is 57.8 Å². The van der Waals surface area contributed by atoms with Gasteiger partial charge in [-0.25, -0.2) is 0 Å². The maximum atomic E-state index is 5.97. The molecule has 0 fully saturated rings. The van der Waals surface area contributed by atoms with Crippen molar-refractivity contribution in [3.8, 4) is 0 Å². The highest BCUT2D eigenvalue weighted by atomic mass is 16.3. The van der Waals surface area contributed by atoms with Crippen molar-refractivity contribution in [2.24, 2.45) is 5.92 Å². The summed E-state index contributed by atoms with van der Waals surface area (Å²) in [5.41, 5.74) is 1.25. The van der Waals surface area contributed by atoms with E-state index < -0.39 is 0 Å². The van der Waals surface area contributed by atoms with Gasteiger partial charge in [0, 0.05) is 12.6 Å². The maximum Gasteiger partial charge on any atom is 0.120 e. The number of nitrogens with one attached hydrogen (secondary N) is 1. The van der Waals surface area contributed by atoms with Gasteiger partial charge in [-0.05, 0) is 44.9 Å². The summed E-state index contributed by atoms with van der Waals surface area (Å²) in [5, 5.41) is 3.32. The number of hydrogen-bond acceptors (Lipinski definition) is 3. The Morgan fingerprint density at radius 3 is 2.47 bits per heavy atom. The minimum absolute atomic E-state index is 0.546. The molecule has 0 spiro atoms. The molecule has 0 aliphatic carbocycles. The highest BCUT2D eigenvalue weighted by Crippen LogP contribution is 2.18. The van der Waals surface area contributed by atoms with Gasteiger partial charge >= 0.3 is 0 Å². The molecule has 0 saturated heterocycles. The van der Waals surface area contributed by atoms with Gasteiger partial charge in [-0.3, -0.25) is 4.90 Å². The molecule has 0 aliphatic rings. The quantitative estimate of drug-likeness (QED) is 0.780. The lowest BCUT2D eigenvalue weighted by atomic mass is 10.1. The normalized spacial score (nSPS) is 12.1. The lowest BCUT2D eigenvalue weighted by Gasteiger charge is -2.27. The molecule has 19 heavy (non-hydrogen) atoms. The highest BCUT2D eigenvalue weighted by Gasteiger charge is 2.15. The third-order valence-electron chi connectivity index (χ3n) is 3.30. The fraction of sp³-hybridized carbons (Fsp3) is 0.750. The Morgan fingerprint density at radius 2 is 1.95 bits per heavy atom. The molecule has 1 rings (SSSR count). The van der Waals surface area contributed by atoms with E-state index in [1.165, 1.54) is 5.56 Å². The first-order chi connectivity index (χ1) is 8.93. The van der Waals surface area contributed by atoms with Crippen LogP contribution in [0.25, 0.3) is 0 Å². The number of hydrogen-bond donors (Lipinski definition) is 1. The average molecular weight is 266 g/mol. The summed E-state index contributed by atoms with van der Waals surface area (Å²) in [6.45, 7) is 17.1. The van der Waals surface area contributed by atoms with Crippen molar-refractivity contribution >= 4 is 0 Å². The minimum atomic E-state index is 0.546. The molecule has 0 bridgehead atoms. The van der Waals surface area contributed by atoms with E-state index in [0.29, 0.717) is 12.0 Å². The predicted molar refractivity (Wildman–Crippen MR) is 81.2 cm³/mol. The molecule has 0 aromatic carbocycles. The van der Waals surface area contributed by atoms with Gasteiger partial charge in [0.25, 0.3) is 0 Å². The maximum absolute atomic E-state index is 5.97. The molecule has 3 nitrogen and oxygen atoms in total. The lowest BCUT2D eigenvalue weighted by Crippen LogP contribution is -2.33. The number of aryl methyl sites for hydroxylation is 1. The Bertz CT molecular complexity index is 369. The van der Waals surface area contributed by atoms with E-state index in [1.807, 2.05) is 0 Å². The van der Waals surface area contributed by atoms with Crippen LogP contribution in [0.2, 0.25) is 0 Å². The Morgan fingerprint density at radius 1 is 1.26 bits per heavy atom. The number of furan rings is 1. The number of rotatable bonds is 8. The Labute approximate surface area is 118 Å². The predicted octanol–water partition coefficient (Wildman–Crippen LogP) is 3.56. The van der Waals surface area contributed by atoms with Crippen LogP contribution < -0.4 is 5.32 Å². The molecule has 0 radical (unpaired) electrons. The molecule has 0 atom stereocenters. The van der Waals surface area contributed by atoms with E-state index in [9.17, 15) is 0 Å². The third-order valence-corrected chi connectivity index (χ3v) is 3.30. The molecule has 1 aromatic rings. The molecule has 1 N–H and O–H groups in total. The van der Waals surface area contributed by atoms with E-state index in [0.717, 1.165) is 37.7 Å². The summed E-state index contributed by atoms with van der Waals surface area (Å²) in [6.07, 6.45) is 0. The second-order valence-electron chi connectivity index (χ2n) is 6.02. The molecule has 0 unspecified atom stereocenters. The molecular weight excluding hydrogens is 236 g/mol. The summed E-state index contributed by atoms with van der Waals surface area (Å²) in [5.74, 6) is 2.84. The molecule has 3 heteroatoms. The van der Waals surface area contributed by atoms with E-state index in [4.69, 9.17) is 4.42 Å². The molecule has 1 aromatic heterocycles. The average Bonchev–Trinajstić information content (AvgIpc) is 2.65. The minimum Gasteiger partial charge on any atom is -0.463 e. The summed E-state index contributed by atoms with van der Waals surface area (Å²) < 4.78 is 5.97. The molecule has 110 valence electrons. The van der Waals surface area contributed by atoms with Gasteiger partial charge in [-0.2, -0.15) is 0 Å². The van der Waals surface area contributed by atoms with Crippen molar-refractivity contribution in [1.29, 1.82) is 0 Å². The van der Waals surface area contributed by atoms with Crippen LogP contribution in [-0.2, 0) is 13.1 Å².